The largest absolute Gasteiger partial charge is 0.444 e. The van der Waals surface area contributed by atoms with Gasteiger partial charge < -0.3 is 14.0 Å². The second-order valence-electron chi connectivity index (χ2n) is 6.11. The number of hydrogen-bond acceptors (Lipinski definition) is 7. The first-order valence-corrected chi connectivity index (χ1v) is 8.68. The van der Waals surface area contributed by atoms with E-state index in [1.54, 1.807) is 31.2 Å². The van der Waals surface area contributed by atoms with Crippen LogP contribution >= 0.6 is 0 Å². The van der Waals surface area contributed by atoms with Crippen molar-refractivity contribution in [2.75, 3.05) is 13.7 Å². The summed E-state index contributed by atoms with van der Waals surface area (Å²) in [5.74, 6) is -0.950. The molecule has 0 radical (unpaired) electrons. The normalized spacial score (nSPS) is 11.7. The van der Waals surface area contributed by atoms with E-state index >= 15 is 0 Å². The number of rotatable bonds is 6. The molecule has 0 fully saturated rings. The summed E-state index contributed by atoms with van der Waals surface area (Å²) in [6.45, 7) is 1.84. The summed E-state index contributed by atoms with van der Waals surface area (Å²) < 4.78 is 28.9. The van der Waals surface area contributed by atoms with Crippen LogP contribution in [-0.4, -0.2) is 42.0 Å². The standard InChI is InChI=1S/C20H18FN3O5/c1-12(11-27-2)28-20(26)23-18(25)14-7-5-6-13(10-14)17-22-19(29-24-17)15-8-3-4-9-16(15)21/h3-10,12H,11H2,1-2H3,(H,23,25,26). The van der Waals surface area contributed by atoms with E-state index in [1.807, 2.05) is 0 Å². The van der Waals surface area contributed by atoms with E-state index in [2.05, 4.69) is 15.5 Å². The van der Waals surface area contributed by atoms with Gasteiger partial charge in [-0.2, -0.15) is 4.98 Å². The average Bonchev–Trinajstić information content (AvgIpc) is 3.18. The van der Waals surface area contributed by atoms with E-state index < -0.39 is 23.9 Å². The van der Waals surface area contributed by atoms with Crippen molar-refractivity contribution in [2.45, 2.75) is 13.0 Å². The van der Waals surface area contributed by atoms with Crippen LogP contribution in [0, 0.1) is 5.82 Å². The van der Waals surface area contributed by atoms with Gasteiger partial charge in [-0.25, -0.2) is 9.18 Å². The lowest BCUT2D eigenvalue weighted by Gasteiger charge is -2.12. The van der Waals surface area contributed by atoms with Gasteiger partial charge in [-0.15, -0.1) is 0 Å². The molecule has 0 aliphatic carbocycles. The van der Waals surface area contributed by atoms with Crippen LogP contribution in [-0.2, 0) is 9.47 Å². The molecule has 0 spiro atoms. The Morgan fingerprint density at radius 1 is 1.21 bits per heavy atom. The summed E-state index contributed by atoms with van der Waals surface area (Å²) in [5.41, 5.74) is 0.828. The zero-order valence-corrected chi connectivity index (χ0v) is 15.7. The number of carbonyl (C=O) groups excluding carboxylic acids is 2. The molecule has 0 aliphatic heterocycles. The number of imide groups is 1. The molecule has 3 rings (SSSR count). The quantitative estimate of drug-likeness (QED) is 0.677. The van der Waals surface area contributed by atoms with Crippen LogP contribution < -0.4 is 5.32 Å². The van der Waals surface area contributed by atoms with E-state index in [1.165, 1.54) is 31.4 Å². The summed E-state index contributed by atoms with van der Waals surface area (Å²) >= 11 is 0. The fourth-order valence-corrected chi connectivity index (χ4v) is 2.53. The number of aromatic nitrogens is 2. The van der Waals surface area contributed by atoms with E-state index in [-0.39, 0.29) is 29.4 Å². The van der Waals surface area contributed by atoms with Crippen molar-refractivity contribution in [1.82, 2.24) is 15.5 Å². The minimum atomic E-state index is -0.883. The molecule has 1 aromatic heterocycles. The SMILES string of the molecule is COCC(C)OC(=O)NC(=O)c1cccc(-c2noc(-c3ccccc3F)n2)c1. The first-order chi connectivity index (χ1) is 14.0. The zero-order chi connectivity index (χ0) is 20.8. The highest BCUT2D eigenvalue weighted by Crippen LogP contribution is 2.24. The summed E-state index contributed by atoms with van der Waals surface area (Å²) in [4.78, 5) is 28.2. The zero-order valence-electron chi connectivity index (χ0n) is 15.7. The van der Waals surface area contributed by atoms with Gasteiger partial charge in [0.15, 0.2) is 0 Å². The van der Waals surface area contributed by atoms with Crippen LogP contribution in [0.15, 0.2) is 53.1 Å². The Morgan fingerprint density at radius 3 is 2.76 bits per heavy atom. The molecule has 29 heavy (non-hydrogen) atoms. The third-order valence-corrected chi connectivity index (χ3v) is 3.84. The van der Waals surface area contributed by atoms with Crippen LogP contribution in [0.4, 0.5) is 9.18 Å². The molecule has 0 saturated heterocycles. The van der Waals surface area contributed by atoms with Crippen LogP contribution in [0.5, 0.6) is 0 Å². The third kappa shape index (κ3) is 5.02. The molecule has 1 heterocycles. The number of ether oxygens (including phenoxy) is 2. The first-order valence-electron chi connectivity index (χ1n) is 8.68. The Labute approximate surface area is 165 Å². The van der Waals surface area contributed by atoms with Crippen molar-refractivity contribution in [3.8, 4) is 22.8 Å². The van der Waals surface area contributed by atoms with E-state index in [0.29, 0.717) is 5.56 Å². The minimum Gasteiger partial charge on any atom is -0.444 e. The number of hydrogen-bond donors (Lipinski definition) is 1. The van der Waals surface area contributed by atoms with Gasteiger partial charge in [-0.05, 0) is 31.2 Å². The maximum atomic E-state index is 13.9. The van der Waals surface area contributed by atoms with E-state index in [4.69, 9.17) is 14.0 Å². The number of nitrogens with zero attached hydrogens (tertiary/aromatic N) is 2. The van der Waals surface area contributed by atoms with Gasteiger partial charge in [0.25, 0.3) is 11.8 Å². The van der Waals surface area contributed by atoms with Crippen LogP contribution in [0.25, 0.3) is 22.8 Å². The molecule has 9 heteroatoms. The number of benzene rings is 2. The molecular formula is C20H18FN3O5. The maximum absolute atomic E-state index is 13.9. The maximum Gasteiger partial charge on any atom is 0.414 e. The van der Waals surface area contributed by atoms with Gasteiger partial charge >= 0.3 is 6.09 Å². The number of methoxy groups -OCH3 is 1. The van der Waals surface area contributed by atoms with E-state index in [0.717, 1.165) is 0 Å². The van der Waals surface area contributed by atoms with Crippen molar-refractivity contribution in [2.24, 2.45) is 0 Å². The highest BCUT2D eigenvalue weighted by Gasteiger charge is 2.17. The summed E-state index contributed by atoms with van der Waals surface area (Å²) in [5, 5.41) is 5.97. The number of nitrogens with one attached hydrogen (secondary N) is 1. The van der Waals surface area contributed by atoms with Gasteiger partial charge in [0, 0.05) is 18.2 Å². The lowest BCUT2D eigenvalue weighted by Crippen LogP contribution is -2.34. The number of amides is 2. The number of halogens is 1. The van der Waals surface area contributed by atoms with Crippen LogP contribution in [0.1, 0.15) is 17.3 Å². The molecule has 0 bridgehead atoms. The predicted octanol–water partition coefficient (Wildman–Crippen LogP) is 3.44. The molecule has 150 valence electrons. The Balaban J connectivity index is 1.74. The molecule has 1 unspecified atom stereocenters. The predicted molar refractivity (Wildman–Crippen MR) is 100 cm³/mol. The molecule has 3 aromatic rings. The summed E-state index contributed by atoms with van der Waals surface area (Å²) in [7, 11) is 1.48. The van der Waals surface area contributed by atoms with Crippen LogP contribution in [0.2, 0.25) is 0 Å². The molecule has 8 nitrogen and oxygen atoms in total. The smallest absolute Gasteiger partial charge is 0.414 e. The molecule has 1 N–H and O–H groups in total. The fourth-order valence-electron chi connectivity index (χ4n) is 2.53. The van der Waals surface area contributed by atoms with Crippen molar-refractivity contribution in [3.05, 3.63) is 59.9 Å². The number of carbonyl (C=O) groups is 2. The van der Waals surface area contributed by atoms with E-state index in [9.17, 15) is 14.0 Å². The van der Waals surface area contributed by atoms with Gasteiger partial charge in [-0.3, -0.25) is 10.1 Å². The summed E-state index contributed by atoms with van der Waals surface area (Å²) in [6.07, 6.45) is -1.39. The van der Waals surface area contributed by atoms with Crippen LogP contribution in [0.3, 0.4) is 0 Å². The highest BCUT2D eigenvalue weighted by molar-refractivity contribution is 6.03. The van der Waals surface area contributed by atoms with Gasteiger partial charge in [0.2, 0.25) is 5.82 Å². The van der Waals surface area contributed by atoms with Gasteiger partial charge in [-0.1, -0.05) is 29.4 Å². The van der Waals surface area contributed by atoms with Crippen molar-refractivity contribution in [1.29, 1.82) is 0 Å². The Hall–Kier alpha value is -3.59. The minimum absolute atomic E-state index is 0.0173. The monoisotopic (exact) mass is 399 g/mol. The topological polar surface area (TPSA) is 104 Å². The first kappa shape index (κ1) is 20.2. The third-order valence-electron chi connectivity index (χ3n) is 3.84. The molecule has 2 aromatic carbocycles. The van der Waals surface area contributed by atoms with Crippen molar-refractivity contribution in [3.63, 3.8) is 0 Å². The second-order valence-corrected chi connectivity index (χ2v) is 6.11. The molecule has 0 aliphatic rings. The lowest BCUT2D eigenvalue weighted by molar-refractivity contribution is 0.0478. The lowest BCUT2D eigenvalue weighted by atomic mass is 10.1. The molecular weight excluding hydrogens is 381 g/mol. The summed E-state index contributed by atoms with van der Waals surface area (Å²) in [6, 6.07) is 12.3. The Bertz CT molecular complexity index is 1020. The van der Waals surface area contributed by atoms with Gasteiger partial charge in [0.05, 0.1) is 12.2 Å². The molecule has 2 amide bonds. The van der Waals surface area contributed by atoms with Crippen molar-refractivity contribution < 1.29 is 28.0 Å². The Morgan fingerprint density at radius 2 is 2.00 bits per heavy atom. The second kappa shape index (κ2) is 9.07. The van der Waals surface area contributed by atoms with Crippen molar-refractivity contribution >= 4 is 12.0 Å². The molecule has 1 atom stereocenters. The molecule has 0 saturated carbocycles. The Kier molecular flexibility index (Phi) is 6.30. The van der Waals surface area contributed by atoms with Gasteiger partial charge in [0.1, 0.15) is 11.9 Å². The average molecular weight is 399 g/mol. The number of alkyl carbamates (subject to hydrolysis) is 1. The highest BCUT2D eigenvalue weighted by atomic mass is 19.1. The fraction of sp³-hybridized carbons (Fsp3) is 0.200.